The standard InChI is InChI=1S/C22H26N6/c23-9-15-1-2-18(21-20(15)25-7-8-26-21)28-13-17(22(14-28)4-5-22)12-27-11-16-3-6-24-10-19(16)27/h1-2,7-8,16-17,19,24H,3-6,10-14H2. The molecule has 0 radical (unpaired) electrons. The quantitative estimate of drug-likeness (QED) is 0.886. The van der Waals surface area contributed by atoms with E-state index >= 15 is 0 Å². The van der Waals surface area contributed by atoms with Gasteiger partial charge in [0.15, 0.2) is 0 Å². The molecular weight excluding hydrogens is 348 g/mol. The van der Waals surface area contributed by atoms with E-state index in [0.29, 0.717) is 11.0 Å². The molecule has 28 heavy (non-hydrogen) atoms. The van der Waals surface area contributed by atoms with Gasteiger partial charge >= 0.3 is 0 Å². The smallest absolute Gasteiger partial charge is 0.113 e. The maximum atomic E-state index is 9.41. The predicted molar refractivity (Wildman–Crippen MR) is 108 cm³/mol. The molecule has 6 rings (SSSR count). The molecule has 3 unspecified atom stereocenters. The molecule has 1 spiro atoms. The SMILES string of the molecule is N#Cc1ccc(N2CC(CN3CC4CCNCC43)C3(CC3)C2)c2nccnc12. The van der Waals surface area contributed by atoms with Gasteiger partial charge < -0.3 is 10.2 Å². The fourth-order valence-corrected chi connectivity index (χ4v) is 5.91. The van der Waals surface area contributed by atoms with E-state index in [2.05, 4.69) is 37.2 Å². The molecule has 3 atom stereocenters. The van der Waals surface area contributed by atoms with Gasteiger partial charge in [0.05, 0.1) is 11.3 Å². The number of piperidine rings is 1. The second-order valence-electron chi connectivity index (χ2n) is 9.21. The van der Waals surface area contributed by atoms with Gasteiger partial charge in [-0.1, -0.05) is 0 Å². The van der Waals surface area contributed by atoms with Crippen LogP contribution in [0.15, 0.2) is 24.5 Å². The molecule has 4 aliphatic rings. The lowest BCUT2D eigenvalue weighted by Gasteiger charge is -2.52. The van der Waals surface area contributed by atoms with Crippen LogP contribution in [-0.4, -0.2) is 60.2 Å². The fraction of sp³-hybridized carbons (Fsp3) is 0.591. The van der Waals surface area contributed by atoms with Crippen LogP contribution in [0, 0.1) is 28.6 Å². The topological polar surface area (TPSA) is 68.1 Å². The highest BCUT2D eigenvalue weighted by molar-refractivity contribution is 5.92. The Morgan fingerprint density at radius 3 is 2.82 bits per heavy atom. The van der Waals surface area contributed by atoms with Gasteiger partial charge in [0.25, 0.3) is 0 Å². The first-order chi connectivity index (χ1) is 13.8. The Bertz CT molecular complexity index is 961. The van der Waals surface area contributed by atoms with E-state index in [0.717, 1.165) is 47.7 Å². The molecule has 3 aliphatic heterocycles. The van der Waals surface area contributed by atoms with Crippen LogP contribution >= 0.6 is 0 Å². The first-order valence-electron chi connectivity index (χ1n) is 10.6. The molecule has 1 aromatic carbocycles. The van der Waals surface area contributed by atoms with Crippen LogP contribution in [-0.2, 0) is 0 Å². The second kappa shape index (κ2) is 6.13. The van der Waals surface area contributed by atoms with Crippen molar-refractivity contribution in [1.82, 2.24) is 20.2 Å². The van der Waals surface area contributed by atoms with Crippen molar-refractivity contribution >= 4 is 16.7 Å². The van der Waals surface area contributed by atoms with Crippen molar-refractivity contribution in [2.45, 2.75) is 25.3 Å². The average Bonchev–Trinajstić information content (AvgIpc) is 3.40. The first-order valence-corrected chi connectivity index (χ1v) is 10.6. The third kappa shape index (κ3) is 2.46. The summed E-state index contributed by atoms with van der Waals surface area (Å²) in [4.78, 5) is 14.3. The normalized spacial score (nSPS) is 30.8. The van der Waals surface area contributed by atoms with Crippen molar-refractivity contribution in [2.24, 2.45) is 17.3 Å². The van der Waals surface area contributed by atoms with Crippen molar-refractivity contribution in [1.29, 1.82) is 5.26 Å². The summed E-state index contributed by atoms with van der Waals surface area (Å²) in [6, 6.07) is 7.02. The number of nitrogens with zero attached hydrogens (tertiary/aromatic N) is 5. The van der Waals surface area contributed by atoms with Gasteiger partial charge in [-0.05, 0) is 55.2 Å². The Morgan fingerprint density at radius 2 is 2.04 bits per heavy atom. The molecule has 1 saturated carbocycles. The zero-order valence-corrected chi connectivity index (χ0v) is 16.1. The highest BCUT2D eigenvalue weighted by Crippen LogP contribution is 2.57. The molecule has 144 valence electrons. The lowest BCUT2D eigenvalue weighted by atomic mass is 9.81. The maximum absolute atomic E-state index is 9.41. The van der Waals surface area contributed by atoms with Crippen LogP contribution in [0.5, 0.6) is 0 Å². The minimum Gasteiger partial charge on any atom is -0.369 e. The van der Waals surface area contributed by atoms with Gasteiger partial charge in [-0.2, -0.15) is 5.26 Å². The van der Waals surface area contributed by atoms with E-state index in [1.54, 1.807) is 12.4 Å². The number of anilines is 1. The highest BCUT2D eigenvalue weighted by atomic mass is 15.3. The van der Waals surface area contributed by atoms with E-state index in [-0.39, 0.29) is 0 Å². The van der Waals surface area contributed by atoms with Crippen LogP contribution in [0.2, 0.25) is 0 Å². The van der Waals surface area contributed by atoms with Crippen LogP contribution in [0.25, 0.3) is 11.0 Å². The summed E-state index contributed by atoms with van der Waals surface area (Å²) >= 11 is 0. The number of aromatic nitrogens is 2. The van der Waals surface area contributed by atoms with Crippen LogP contribution in [0.3, 0.4) is 0 Å². The Kier molecular flexibility index (Phi) is 3.66. The van der Waals surface area contributed by atoms with Crippen molar-refractivity contribution in [2.75, 3.05) is 44.2 Å². The van der Waals surface area contributed by atoms with E-state index in [9.17, 15) is 5.26 Å². The highest BCUT2D eigenvalue weighted by Gasteiger charge is 2.56. The molecule has 3 saturated heterocycles. The Morgan fingerprint density at radius 1 is 1.18 bits per heavy atom. The summed E-state index contributed by atoms with van der Waals surface area (Å²) < 4.78 is 0. The molecule has 1 aromatic heterocycles. The van der Waals surface area contributed by atoms with Crippen LogP contribution in [0.4, 0.5) is 5.69 Å². The minimum atomic E-state index is 0.496. The molecule has 0 amide bonds. The monoisotopic (exact) mass is 374 g/mol. The molecular formula is C22H26N6. The third-order valence-corrected chi connectivity index (χ3v) is 7.75. The molecule has 0 bridgehead atoms. The van der Waals surface area contributed by atoms with E-state index in [1.165, 1.54) is 45.4 Å². The molecule has 2 aromatic rings. The van der Waals surface area contributed by atoms with Crippen LogP contribution in [0.1, 0.15) is 24.8 Å². The van der Waals surface area contributed by atoms with Crippen molar-refractivity contribution in [3.8, 4) is 6.07 Å². The Balaban J connectivity index is 1.26. The largest absolute Gasteiger partial charge is 0.369 e. The number of hydrogen-bond donors (Lipinski definition) is 1. The van der Waals surface area contributed by atoms with Gasteiger partial charge in [0.2, 0.25) is 0 Å². The predicted octanol–water partition coefficient (Wildman–Crippen LogP) is 2.01. The first kappa shape index (κ1) is 16.7. The molecule has 1 aliphatic carbocycles. The summed E-state index contributed by atoms with van der Waals surface area (Å²) in [7, 11) is 0. The maximum Gasteiger partial charge on any atom is 0.113 e. The van der Waals surface area contributed by atoms with Crippen molar-refractivity contribution in [3.63, 3.8) is 0 Å². The molecule has 1 N–H and O–H groups in total. The average molecular weight is 374 g/mol. The van der Waals surface area contributed by atoms with E-state index < -0.39 is 0 Å². The summed E-state index contributed by atoms with van der Waals surface area (Å²) in [5.74, 6) is 1.66. The van der Waals surface area contributed by atoms with Gasteiger partial charge in [-0.25, -0.2) is 0 Å². The number of hydrogen-bond acceptors (Lipinski definition) is 6. The summed E-state index contributed by atoms with van der Waals surface area (Å²) in [5, 5.41) is 13.0. The zero-order chi connectivity index (χ0) is 18.7. The molecule has 4 fully saturated rings. The fourth-order valence-electron chi connectivity index (χ4n) is 5.91. The minimum absolute atomic E-state index is 0.496. The molecule has 6 nitrogen and oxygen atoms in total. The Labute approximate surface area is 165 Å². The number of nitriles is 1. The second-order valence-corrected chi connectivity index (χ2v) is 9.21. The molecule has 6 heteroatoms. The molecule has 4 heterocycles. The number of rotatable bonds is 3. The summed E-state index contributed by atoms with van der Waals surface area (Å²) in [6.07, 6.45) is 7.48. The summed E-state index contributed by atoms with van der Waals surface area (Å²) in [5.41, 5.74) is 3.86. The Hall–Kier alpha value is -2.23. The number of nitrogens with one attached hydrogen (secondary N) is 1. The number of fused-ring (bicyclic) bond motifs is 2. The van der Waals surface area contributed by atoms with Crippen LogP contribution < -0.4 is 10.2 Å². The summed E-state index contributed by atoms with van der Waals surface area (Å²) in [6.45, 7) is 7.12. The van der Waals surface area contributed by atoms with Gasteiger partial charge in [-0.3, -0.25) is 14.9 Å². The zero-order valence-electron chi connectivity index (χ0n) is 16.1. The van der Waals surface area contributed by atoms with E-state index in [4.69, 9.17) is 0 Å². The van der Waals surface area contributed by atoms with Crippen molar-refractivity contribution < 1.29 is 0 Å². The third-order valence-electron chi connectivity index (χ3n) is 7.75. The van der Waals surface area contributed by atoms with Gasteiger partial charge in [0.1, 0.15) is 17.1 Å². The number of benzene rings is 1. The lowest BCUT2D eigenvalue weighted by Crippen LogP contribution is -2.64. The van der Waals surface area contributed by atoms with Crippen molar-refractivity contribution in [3.05, 3.63) is 30.1 Å². The lowest BCUT2D eigenvalue weighted by molar-refractivity contribution is -0.0193. The van der Waals surface area contributed by atoms with E-state index in [1.807, 2.05) is 6.07 Å². The van der Waals surface area contributed by atoms with Gasteiger partial charge in [-0.15, -0.1) is 0 Å². The van der Waals surface area contributed by atoms with Gasteiger partial charge in [0, 0.05) is 51.2 Å². The number of likely N-dealkylation sites (tertiary alicyclic amines) is 1.